The monoisotopic (exact) mass is 716 g/mol. The molecule has 0 radical (unpaired) electrons. The number of hydrogen-bond acceptors (Lipinski definition) is 3. The van der Waals surface area contributed by atoms with Crippen molar-refractivity contribution in [2.24, 2.45) is 0 Å². The smallest absolute Gasteiger partial charge is 0.160 e. The lowest BCUT2D eigenvalue weighted by molar-refractivity contribution is 1.18. The topological polar surface area (TPSA) is 25.8 Å². The Morgan fingerprint density at radius 2 is 0.891 bits per heavy atom. The second-order valence-electron chi connectivity index (χ2n) is 14.1. The van der Waals surface area contributed by atoms with E-state index in [9.17, 15) is 0 Å². The Morgan fingerprint density at radius 1 is 0.309 bits per heavy atom. The quantitative estimate of drug-likeness (QED) is 0.131. The molecule has 0 saturated heterocycles. The van der Waals surface area contributed by atoms with Gasteiger partial charge in [-0.25, -0.2) is 9.97 Å². The first-order chi connectivity index (χ1) is 27.2. The van der Waals surface area contributed by atoms with Crippen molar-refractivity contribution in [2.75, 3.05) is 0 Å². The summed E-state index contributed by atoms with van der Waals surface area (Å²) in [4.78, 5) is 10.2. The summed E-state index contributed by atoms with van der Waals surface area (Å²) in [5.41, 5.74) is 9.74. The molecule has 0 amide bonds. The third-order valence-corrected chi connectivity index (χ3v) is 12.1. The average Bonchev–Trinajstić information content (AvgIpc) is 3.65. The van der Waals surface area contributed by atoms with Crippen LogP contribution in [0.5, 0.6) is 0 Å². The Balaban J connectivity index is 0.974. The molecule has 0 fully saturated rings. The van der Waals surface area contributed by atoms with E-state index in [1.165, 1.54) is 74.7 Å². The van der Waals surface area contributed by atoms with Crippen LogP contribution in [0, 0.1) is 0 Å². The number of rotatable bonds is 5. The molecule has 2 heterocycles. The molecule has 0 N–H and O–H groups in total. The molecule has 0 spiro atoms. The summed E-state index contributed by atoms with van der Waals surface area (Å²) in [6.45, 7) is 0. The molecule has 3 heteroatoms. The van der Waals surface area contributed by atoms with Crippen LogP contribution in [0.2, 0.25) is 0 Å². The predicted octanol–water partition coefficient (Wildman–Crippen LogP) is 14.6. The summed E-state index contributed by atoms with van der Waals surface area (Å²) in [5.74, 6) is 0.713. The van der Waals surface area contributed by atoms with Crippen molar-refractivity contribution in [3.8, 4) is 56.2 Å². The molecule has 0 saturated carbocycles. The van der Waals surface area contributed by atoms with Crippen molar-refractivity contribution >= 4 is 63.8 Å². The number of hydrogen-bond donors (Lipinski definition) is 0. The first-order valence-corrected chi connectivity index (χ1v) is 19.5. The van der Waals surface area contributed by atoms with Gasteiger partial charge in [0.1, 0.15) is 0 Å². The molecule has 0 unspecified atom stereocenters. The van der Waals surface area contributed by atoms with Gasteiger partial charge in [0.15, 0.2) is 5.82 Å². The van der Waals surface area contributed by atoms with Crippen LogP contribution in [0.4, 0.5) is 0 Å². The number of fused-ring (bicyclic) bond motifs is 7. The standard InChI is InChI=1S/C52H32N2S/c1-2-10-37(11-3-1)52-53-48(32-49(54-52)36-26-22-34(23-27-36)42-16-9-18-46-45-14-6-7-19-50(45)55-51(42)46)35-24-20-33(21-25-35)41-15-8-17-43-44(41)29-28-40-30-38-12-4-5-13-39(38)31-47(40)43/h1-32H. The van der Waals surface area contributed by atoms with E-state index >= 15 is 0 Å². The lowest BCUT2D eigenvalue weighted by Crippen LogP contribution is -1.96. The zero-order valence-corrected chi connectivity index (χ0v) is 30.6. The van der Waals surface area contributed by atoms with Crippen LogP contribution >= 0.6 is 11.3 Å². The minimum atomic E-state index is 0.713. The van der Waals surface area contributed by atoms with E-state index in [0.29, 0.717) is 5.82 Å². The fourth-order valence-electron chi connectivity index (χ4n) is 8.11. The molecule has 0 aliphatic carbocycles. The molecule has 2 aromatic heterocycles. The van der Waals surface area contributed by atoms with Crippen LogP contribution in [-0.2, 0) is 0 Å². The summed E-state index contributed by atoms with van der Waals surface area (Å²) in [6, 6.07) is 69.8. The third kappa shape index (κ3) is 5.48. The SMILES string of the molecule is c1ccc(-c2nc(-c3ccc(-c4cccc5c4ccc4cc6ccccc6cc45)cc3)cc(-c3ccc(-c4cccc5c4sc4ccccc45)cc3)n2)cc1. The van der Waals surface area contributed by atoms with Gasteiger partial charge in [-0.1, -0.05) is 170 Å². The summed E-state index contributed by atoms with van der Waals surface area (Å²) in [5, 5.41) is 10.2. The van der Waals surface area contributed by atoms with E-state index < -0.39 is 0 Å². The zero-order chi connectivity index (χ0) is 36.3. The van der Waals surface area contributed by atoms with Crippen LogP contribution in [-0.4, -0.2) is 9.97 Å². The van der Waals surface area contributed by atoms with Gasteiger partial charge in [-0.3, -0.25) is 0 Å². The number of thiophene rings is 1. The van der Waals surface area contributed by atoms with Gasteiger partial charge in [0.25, 0.3) is 0 Å². The van der Waals surface area contributed by atoms with Crippen LogP contribution in [0.25, 0.3) is 109 Å². The average molecular weight is 717 g/mol. The molecule has 0 aliphatic rings. The highest BCUT2D eigenvalue weighted by Gasteiger charge is 2.14. The first kappa shape index (κ1) is 31.6. The Hall–Kier alpha value is -6.94. The van der Waals surface area contributed by atoms with E-state index in [1.54, 1.807) is 0 Å². The van der Waals surface area contributed by atoms with Crippen molar-refractivity contribution in [2.45, 2.75) is 0 Å². The van der Waals surface area contributed by atoms with Gasteiger partial charge in [0.05, 0.1) is 11.4 Å². The van der Waals surface area contributed by atoms with Gasteiger partial charge in [0, 0.05) is 36.9 Å². The molecule has 55 heavy (non-hydrogen) atoms. The second-order valence-corrected chi connectivity index (χ2v) is 15.2. The van der Waals surface area contributed by atoms with E-state index in [0.717, 1.165) is 28.1 Å². The van der Waals surface area contributed by atoms with E-state index in [4.69, 9.17) is 9.97 Å². The maximum absolute atomic E-state index is 5.12. The van der Waals surface area contributed by atoms with Crippen molar-refractivity contribution < 1.29 is 0 Å². The Labute approximate surface area is 322 Å². The van der Waals surface area contributed by atoms with Crippen molar-refractivity contribution in [3.63, 3.8) is 0 Å². The van der Waals surface area contributed by atoms with Crippen molar-refractivity contribution in [1.82, 2.24) is 9.97 Å². The lowest BCUT2D eigenvalue weighted by Gasteiger charge is -2.12. The van der Waals surface area contributed by atoms with Crippen molar-refractivity contribution in [3.05, 3.63) is 194 Å². The minimum Gasteiger partial charge on any atom is -0.228 e. The first-order valence-electron chi connectivity index (χ1n) is 18.6. The molecular formula is C52H32N2S. The van der Waals surface area contributed by atoms with Crippen molar-refractivity contribution in [1.29, 1.82) is 0 Å². The van der Waals surface area contributed by atoms with Gasteiger partial charge in [-0.2, -0.15) is 0 Å². The fourth-order valence-corrected chi connectivity index (χ4v) is 9.35. The second kappa shape index (κ2) is 12.9. The van der Waals surface area contributed by atoms with Crippen LogP contribution in [0.1, 0.15) is 0 Å². The Kier molecular flexibility index (Phi) is 7.39. The van der Waals surface area contributed by atoms with Crippen LogP contribution < -0.4 is 0 Å². The third-order valence-electron chi connectivity index (χ3n) is 10.9. The highest BCUT2D eigenvalue weighted by Crippen LogP contribution is 2.41. The molecule has 2 nitrogen and oxygen atoms in total. The molecule has 0 atom stereocenters. The molecule has 11 aromatic rings. The summed E-state index contributed by atoms with van der Waals surface area (Å²) in [6.07, 6.45) is 0. The summed E-state index contributed by atoms with van der Waals surface area (Å²) < 4.78 is 2.64. The largest absolute Gasteiger partial charge is 0.228 e. The van der Waals surface area contributed by atoms with Gasteiger partial charge >= 0.3 is 0 Å². The fraction of sp³-hybridized carbons (Fsp3) is 0. The maximum Gasteiger partial charge on any atom is 0.160 e. The van der Waals surface area contributed by atoms with Gasteiger partial charge in [-0.05, 0) is 78.8 Å². The zero-order valence-electron chi connectivity index (χ0n) is 29.8. The van der Waals surface area contributed by atoms with Gasteiger partial charge in [-0.15, -0.1) is 11.3 Å². The minimum absolute atomic E-state index is 0.713. The normalized spacial score (nSPS) is 11.6. The molecule has 0 bridgehead atoms. The van der Waals surface area contributed by atoms with Crippen LogP contribution in [0.15, 0.2) is 194 Å². The number of aromatic nitrogens is 2. The lowest BCUT2D eigenvalue weighted by atomic mass is 9.93. The molecular weight excluding hydrogens is 685 g/mol. The van der Waals surface area contributed by atoms with Gasteiger partial charge in [0.2, 0.25) is 0 Å². The number of nitrogens with zero attached hydrogens (tertiary/aromatic N) is 2. The highest BCUT2D eigenvalue weighted by atomic mass is 32.1. The Bertz CT molecular complexity index is 3230. The molecule has 11 rings (SSSR count). The number of benzene rings is 9. The van der Waals surface area contributed by atoms with Crippen LogP contribution in [0.3, 0.4) is 0 Å². The van der Waals surface area contributed by atoms with E-state index in [1.807, 2.05) is 29.5 Å². The van der Waals surface area contributed by atoms with E-state index in [2.05, 4.69) is 176 Å². The Morgan fingerprint density at radius 3 is 1.64 bits per heavy atom. The summed E-state index contributed by atoms with van der Waals surface area (Å²) in [7, 11) is 0. The molecule has 256 valence electrons. The van der Waals surface area contributed by atoms with E-state index in [-0.39, 0.29) is 0 Å². The molecule has 0 aliphatic heterocycles. The highest BCUT2D eigenvalue weighted by molar-refractivity contribution is 7.26. The van der Waals surface area contributed by atoms with Gasteiger partial charge < -0.3 is 0 Å². The summed E-state index contributed by atoms with van der Waals surface area (Å²) >= 11 is 1.86. The molecule has 9 aromatic carbocycles. The maximum atomic E-state index is 5.12. The predicted molar refractivity (Wildman–Crippen MR) is 235 cm³/mol.